The first kappa shape index (κ1) is 13.1. The van der Waals surface area contributed by atoms with Gasteiger partial charge < -0.3 is 4.90 Å². The summed E-state index contributed by atoms with van der Waals surface area (Å²) in [5.41, 5.74) is 1.54. The van der Waals surface area contributed by atoms with Gasteiger partial charge in [0.05, 0.1) is 0 Å². The number of rotatable bonds is 1. The molecule has 0 aliphatic carbocycles. The van der Waals surface area contributed by atoms with Crippen molar-refractivity contribution in [3.63, 3.8) is 0 Å². The standard InChI is InChI=1S/C14H16ClNO2/c1-9-3-4-11(15)7-12(9)14(18)16-6-5-13(17)10(2)8-16/h3-4,7,10H,5-6,8H2,1-2H3. The van der Waals surface area contributed by atoms with Crippen LogP contribution >= 0.6 is 11.6 Å². The quantitative estimate of drug-likeness (QED) is 0.783. The summed E-state index contributed by atoms with van der Waals surface area (Å²) in [4.78, 5) is 25.6. The van der Waals surface area contributed by atoms with Gasteiger partial charge in [-0.05, 0) is 24.6 Å². The SMILES string of the molecule is Cc1ccc(Cl)cc1C(=O)N1CCC(=O)C(C)C1. The fourth-order valence-corrected chi connectivity index (χ4v) is 2.37. The number of halogens is 1. The van der Waals surface area contributed by atoms with Crippen molar-refractivity contribution >= 4 is 23.3 Å². The molecular formula is C14H16ClNO2. The molecule has 1 aliphatic heterocycles. The monoisotopic (exact) mass is 265 g/mol. The molecule has 1 heterocycles. The van der Waals surface area contributed by atoms with Crippen LogP contribution in [0.3, 0.4) is 0 Å². The van der Waals surface area contributed by atoms with Crippen molar-refractivity contribution in [3.8, 4) is 0 Å². The average Bonchev–Trinajstić information content (AvgIpc) is 2.35. The van der Waals surface area contributed by atoms with Gasteiger partial charge in [0.15, 0.2) is 0 Å². The molecule has 3 nitrogen and oxygen atoms in total. The van der Waals surface area contributed by atoms with E-state index in [1.807, 2.05) is 19.9 Å². The highest BCUT2D eigenvalue weighted by Gasteiger charge is 2.27. The van der Waals surface area contributed by atoms with Gasteiger partial charge >= 0.3 is 0 Å². The Morgan fingerprint density at radius 3 is 2.83 bits per heavy atom. The molecule has 96 valence electrons. The van der Waals surface area contributed by atoms with Crippen molar-refractivity contribution in [2.24, 2.45) is 5.92 Å². The van der Waals surface area contributed by atoms with Gasteiger partial charge in [0, 0.05) is 36.0 Å². The van der Waals surface area contributed by atoms with Crippen molar-refractivity contribution in [1.29, 1.82) is 0 Å². The van der Waals surface area contributed by atoms with Crippen LogP contribution in [0.15, 0.2) is 18.2 Å². The fraction of sp³-hybridized carbons (Fsp3) is 0.429. The van der Waals surface area contributed by atoms with Gasteiger partial charge in [-0.15, -0.1) is 0 Å². The van der Waals surface area contributed by atoms with E-state index < -0.39 is 0 Å². The fourth-order valence-electron chi connectivity index (χ4n) is 2.19. The van der Waals surface area contributed by atoms with E-state index in [4.69, 9.17) is 11.6 Å². The summed E-state index contributed by atoms with van der Waals surface area (Å²) in [6.45, 7) is 4.77. The second-order valence-electron chi connectivity index (χ2n) is 4.83. The molecule has 0 spiro atoms. The summed E-state index contributed by atoms with van der Waals surface area (Å²) in [7, 11) is 0. The zero-order valence-corrected chi connectivity index (χ0v) is 11.3. The number of ketones is 1. The van der Waals surface area contributed by atoms with Gasteiger partial charge in [-0.1, -0.05) is 24.6 Å². The number of carbonyl (C=O) groups is 2. The molecule has 0 aromatic heterocycles. The number of nitrogens with zero attached hydrogens (tertiary/aromatic N) is 1. The van der Waals surface area contributed by atoms with Gasteiger partial charge in [-0.25, -0.2) is 0 Å². The molecular weight excluding hydrogens is 250 g/mol. The van der Waals surface area contributed by atoms with Crippen molar-refractivity contribution in [2.45, 2.75) is 20.3 Å². The summed E-state index contributed by atoms with van der Waals surface area (Å²) >= 11 is 5.93. The van der Waals surface area contributed by atoms with Crippen LogP contribution in [0, 0.1) is 12.8 Å². The summed E-state index contributed by atoms with van der Waals surface area (Å²) in [5.74, 6) is 0.137. The highest BCUT2D eigenvalue weighted by atomic mass is 35.5. The van der Waals surface area contributed by atoms with E-state index in [1.54, 1.807) is 17.0 Å². The topological polar surface area (TPSA) is 37.4 Å². The van der Waals surface area contributed by atoms with Crippen molar-refractivity contribution in [1.82, 2.24) is 4.90 Å². The van der Waals surface area contributed by atoms with Crippen LogP contribution in [-0.4, -0.2) is 29.7 Å². The molecule has 0 saturated carbocycles. The number of amides is 1. The van der Waals surface area contributed by atoms with Gasteiger partial charge in [0.25, 0.3) is 5.91 Å². The highest BCUT2D eigenvalue weighted by molar-refractivity contribution is 6.31. The minimum absolute atomic E-state index is 0.0330. The summed E-state index contributed by atoms with van der Waals surface area (Å²) in [5, 5.41) is 0.560. The number of hydrogen-bond acceptors (Lipinski definition) is 2. The Morgan fingerprint density at radius 2 is 2.17 bits per heavy atom. The van der Waals surface area contributed by atoms with Gasteiger partial charge in [-0.2, -0.15) is 0 Å². The van der Waals surface area contributed by atoms with Crippen LogP contribution in [0.4, 0.5) is 0 Å². The molecule has 0 N–H and O–H groups in total. The third kappa shape index (κ3) is 2.56. The minimum Gasteiger partial charge on any atom is -0.337 e. The molecule has 1 fully saturated rings. The third-order valence-corrected chi connectivity index (χ3v) is 3.62. The molecule has 1 aromatic carbocycles. The second-order valence-corrected chi connectivity index (χ2v) is 5.26. The summed E-state index contributed by atoms with van der Waals surface area (Å²) in [6, 6.07) is 5.31. The number of benzene rings is 1. The normalized spacial score (nSPS) is 20.1. The summed E-state index contributed by atoms with van der Waals surface area (Å²) in [6.07, 6.45) is 0.451. The van der Waals surface area contributed by atoms with Gasteiger partial charge in [0.1, 0.15) is 5.78 Å². The largest absolute Gasteiger partial charge is 0.337 e. The average molecular weight is 266 g/mol. The lowest BCUT2D eigenvalue weighted by atomic mass is 9.97. The zero-order chi connectivity index (χ0) is 13.3. The first-order valence-electron chi connectivity index (χ1n) is 6.07. The molecule has 1 saturated heterocycles. The van der Waals surface area contributed by atoms with E-state index >= 15 is 0 Å². The predicted molar refractivity (Wildman–Crippen MR) is 70.9 cm³/mol. The third-order valence-electron chi connectivity index (χ3n) is 3.39. The molecule has 2 rings (SSSR count). The molecule has 1 atom stereocenters. The van der Waals surface area contributed by atoms with Gasteiger partial charge in [0.2, 0.25) is 0 Å². The Morgan fingerprint density at radius 1 is 1.44 bits per heavy atom. The van der Waals surface area contributed by atoms with Crippen LogP contribution in [0.5, 0.6) is 0 Å². The highest BCUT2D eigenvalue weighted by Crippen LogP contribution is 2.20. The maximum atomic E-state index is 12.4. The van der Waals surface area contributed by atoms with E-state index in [0.29, 0.717) is 30.1 Å². The van der Waals surface area contributed by atoms with E-state index in [2.05, 4.69) is 0 Å². The Balaban J connectivity index is 2.21. The lowest BCUT2D eigenvalue weighted by molar-refractivity contribution is -0.124. The smallest absolute Gasteiger partial charge is 0.254 e. The molecule has 0 bridgehead atoms. The number of likely N-dealkylation sites (tertiary alicyclic amines) is 1. The van der Waals surface area contributed by atoms with Crippen LogP contribution in [0.1, 0.15) is 29.3 Å². The maximum Gasteiger partial charge on any atom is 0.254 e. The molecule has 1 amide bonds. The number of Topliss-reactive ketones (excluding diaryl/α,β-unsaturated/α-hetero) is 1. The van der Waals surface area contributed by atoms with Crippen molar-refractivity contribution in [3.05, 3.63) is 34.3 Å². The molecule has 18 heavy (non-hydrogen) atoms. The van der Waals surface area contributed by atoms with Crippen molar-refractivity contribution < 1.29 is 9.59 Å². The Hall–Kier alpha value is -1.35. The van der Waals surface area contributed by atoms with E-state index in [1.165, 1.54) is 0 Å². The number of piperidine rings is 1. The predicted octanol–water partition coefficient (Wildman–Crippen LogP) is 2.70. The first-order valence-corrected chi connectivity index (χ1v) is 6.45. The van der Waals surface area contributed by atoms with Gasteiger partial charge in [-0.3, -0.25) is 9.59 Å². The molecule has 1 aliphatic rings. The maximum absolute atomic E-state index is 12.4. The molecule has 1 aromatic rings. The Kier molecular flexibility index (Phi) is 3.71. The van der Waals surface area contributed by atoms with Crippen LogP contribution in [0.25, 0.3) is 0 Å². The molecule has 4 heteroatoms. The van der Waals surface area contributed by atoms with Crippen LogP contribution in [0.2, 0.25) is 5.02 Å². The van der Waals surface area contributed by atoms with Crippen molar-refractivity contribution in [2.75, 3.05) is 13.1 Å². The lowest BCUT2D eigenvalue weighted by Crippen LogP contribution is -2.43. The van der Waals surface area contributed by atoms with Crippen LogP contribution in [-0.2, 0) is 4.79 Å². The number of carbonyl (C=O) groups excluding carboxylic acids is 2. The molecule has 1 unspecified atom stereocenters. The Bertz CT molecular complexity index is 499. The van der Waals surface area contributed by atoms with Crippen LogP contribution < -0.4 is 0 Å². The number of aryl methyl sites for hydroxylation is 1. The summed E-state index contributed by atoms with van der Waals surface area (Å²) < 4.78 is 0. The lowest BCUT2D eigenvalue weighted by Gasteiger charge is -2.30. The zero-order valence-electron chi connectivity index (χ0n) is 10.6. The van der Waals surface area contributed by atoms with E-state index in [0.717, 1.165) is 5.56 Å². The minimum atomic E-state index is -0.0674. The second kappa shape index (κ2) is 5.11. The van der Waals surface area contributed by atoms with E-state index in [-0.39, 0.29) is 17.6 Å². The molecule has 0 radical (unpaired) electrons. The van der Waals surface area contributed by atoms with E-state index in [9.17, 15) is 9.59 Å². The Labute approximate surface area is 112 Å². The first-order chi connectivity index (χ1) is 8.49. The number of hydrogen-bond donors (Lipinski definition) is 0.